The maximum Gasteiger partial charge on any atom is 0.329 e. The molecule has 0 aromatic carbocycles. The molecule has 2 rings (SSSR count). The van der Waals surface area contributed by atoms with Gasteiger partial charge >= 0.3 is 5.97 Å². The molecule has 0 aliphatic heterocycles. The first-order valence-electron chi connectivity index (χ1n) is 4.40. The Morgan fingerprint density at radius 3 is 3.06 bits per heavy atom. The highest BCUT2D eigenvalue weighted by Crippen LogP contribution is 2.17. The van der Waals surface area contributed by atoms with Crippen molar-refractivity contribution in [2.24, 2.45) is 0 Å². The zero-order valence-electron chi connectivity index (χ0n) is 8.12. The second kappa shape index (κ2) is 4.58. The van der Waals surface area contributed by atoms with Crippen molar-refractivity contribution in [3.05, 3.63) is 24.5 Å². The fourth-order valence-electron chi connectivity index (χ4n) is 1.04. The summed E-state index contributed by atoms with van der Waals surface area (Å²) in [4.78, 5) is 10.2. The molecule has 0 atom stereocenters. The van der Waals surface area contributed by atoms with Crippen LogP contribution in [0, 0.1) is 0 Å². The SMILES string of the molecule is O=C(O)COCc1nnc(-c2ccoc2)o1. The molecule has 0 saturated carbocycles. The second-order valence-corrected chi connectivity index (χ2v) is 2.90. The van der Waals surface area contributed by atoms with E-state index in [9.17, 15) is 4.79 Å². The lowest BCUT2D eigenvalue weighted by Crippen LogP contribution is -2.06. The number of hydrogen-bond donors (Lipinski definition) is 1. The van der Waals surface area contributed by atoms with E-state index in [2.05, 4.69) is 10.2 Å². The fourth-order valence-corrected chi connectivity index (χ4v) is 1.04. The monoisotopic (exact) mass is 224 g/mol. The van der Waals surface area contributed by atoms with E-state index in [1.807, 2.05) is 0 Å². The van der Waals surface area contributed by atoms with E-state index in [0.29, 0.717) is 11.5 Å². The molecule has 0 aliphatic rings. The van der Waals surface area contributed by atoms with Crippen molar-refractivity contribution in [1.82, 2.24) is 10.2 Å². The Hall–Kier alpha value is -2.15. The van der Waals surface area contributed by atoms with Gasteiger partial charge in [0.2, 0.25) is 5.89 Å². The van der Waals surface area contributed by atoms with Crippen molar-refractivity contribution >= 4 is 5.97 Å². The summed E-state index contributed by atoms with van der Waals surface area (Å²) in [6.45, 7) is -0.430. The van der Waals surface area contributed by atoms with Gasteiger partial charge in [0, 0.05) is 0 Å². The summed E-state index contributed by atoms with van der Waals surface area (Å²) in [5, 5.41) is 15.8. The van der Waals surface area contributed by atoms with Gasteiger partial charge in [-0.2, -0.15) is 0 Å². The van der Waals surface area contributed by atoms with Crippen LogP contribution in [0.2, 0.25) is 0 Å². The molecule has 1 N–H and O–H groups in total. The van der Waals surface area contributed by atoms with Gasteiger partial charge in [-0.1, -0.05) is 0 Å². The predicted molar refractivity (Wildman–Crippen MR) is 49.3 cm³/mol. The first-order chi connectivity index (χ1) is 7.75. The summed E-state index contributed by atoms with van der Waals surface area (Å²) in [7, 11) is 0. The van der Waals surface area contributed by atoms with Gasteiger partial charge in [0.15, 0.2) is 0 Å². The van der Waals surface area contributed by atoms with Crippen LogP contribution in [0.25, 0.3) is 11.5 Å². The molecule has 0 bridgehead atoms. The van der Waals surface area contributed by atoms with E-state index in [-0.39, 0.29) is 12.5 Å². The van der Waals surface area contributed by atoms with Crippen molar-refractivity contribution < 1.29 is 23.5 Å². The summed E-state index contributed by atoms with van der Waals surface area (Å²) in [5.74, 6) is -0.519. The van der Waals surface area contributed by atoms with E-state index in [4.69, 9.17) is 18.7 Å². The van der Waals surface area contributed by atoms with Gasteiger partial charge in [-0.15, -0.1) is 10.2 Å². The molecule has 7 heteroatoms. The van der Waals surface area contributed by atoms with Crippen LogP contribution < -0.4 is 0 Å². The van der Waals surface area contributed by atoms with Gasteiger partial charge in [-0.3, -0.25) is 0 Å². The van der Waals surface area contributed by atoms with Crippen LogP contribution in [-0.2, 0) is 16.1 Å². The number of rotatable bonds is 5. The van der Waals surface area contributed by atoms with Gasteiger partial charge in [-0.25, -0.2) is 4.79 Å². The minimum atomic E-state index is -1.05. The van der Waals surface area contributed by atoms with Crippen LogP contribution >= 0.6 is 0 Å². The molecule has 0 saturated heterocycles. The quantitative estimate of drug-likeness (QED) is 0.806. The van der Waals surface area contributed by atoms with Gasteiger partial charge < -0.3 is 18.7 Å². The molecule has 84 valence electrons. The summed E-state index contributed by atoms with van der Waals surface area (Å²) in [6, 6.07) is 1.68. The minimum Gasteiger partial charge on any atom is -0.480 e. The predicted octanol–water partition coefficient (Wildman–Crippen LogP) is 0.931. The van der Waals surface area contributed by atoms with Crippen LogP contribution in [0.4, 0.5) is 0 Å². The number of hydrogen-bond acceptors (Lipinski definition) is 6. The molecule has 0 radical (unpaired) electrons. The van der Waals surface area contributed by atoms with E-state index in [1.165, 1.54) is 12.5 Å². The van der Waals surface area contributed by atoms with Gasteiger partial charge in [-0.05, 0) is 6.07 Å². The topological polar surface area (TPSA) is 98.6 Å². The Labute approximate surface area is 89.6 Å². The van der Waals surface area contributed by atoms with Crippen molar-refractivity contribution in [1.29, 1.82) is 0 Å². The number of aromatic nitrogens is 2. The summed E-state index contributed by atoms with van der Waals surface area (Å²) < 4.78 is 14.9. The second-order valence-electron chi connectivity index (χ2n) is 2.90. The molecule has 0 amide bonds. The lowest BCUT2D eigenvalue weighted by atomic mass is 10.3. The lowest BCUT2D eigenvalue weighted by Gasteiger charge is -1.94. The number of nitrogens with zero attached hydrogens (tertiary/aromatic N) is 2. The van der Waals surface area contributed by atoms with Crippen LogP contribution in [0.15, 0.2) is 27.4 Å². The number of furan rings is 1. The van der Waals surface area contributed by atoms with Crippen molar-refractivity contribution in [3.63, 3.8) is 0 Å². The first-order valence-corrected chi connectivity index (χ1v) is 4.40. The van der Waals surface area contributed by atoms with Crippen LogP contribution in [0.5, 0.6) is 0 Å². The molecule has 7 nitrogen and oxygen atoms in total. The summed E-state index contributed by atoms with van der Waals surface area (Å²) >= 11 is 0. The van der Waals surface area contributed by atoms with Crippen molar-refractivity contribution in [3.8, 4) is 11.5 Å². The summed E-state index contributed by atoms with van der Waals surface area (Å²) in [5.41, 5.74) is 0.664. The fraction of sp³-hybridized carbons (Fsp3) is 0.222. The zero-order valence-corrected chi connectivity index (χ0v) is 8.12. The maximum absolute atomic E-state index is 10.2. The third-order valence-corrected chi connectivity index (χ3v) is 1.69. The van der Waals surface area contributed by atoms with E-state index < -0.39 is 12.6 Å². The molecule has 16 heavy (non-hydrogen) atoms. The first kappa shape index (κ1) is 10.4. The molecular formula is C9H8N2O5. The van der Waals surface area contributed by atoms with Crippen LogP contribution in [0.1, 0.15) is 5.89 Å². The normalized spacial score (nSPS) is 10.5. The molecule has 0 unspecified atom stereocenters. The molecule has 2 heterocycles. The Bertz CT molecular complexity index is 462. The molecule has 2 aromatic heterocycles. The Morgan fingerprint density at radius 1 is 1.50 bits per heavy atom. The molecular weight excluding hydrogens is 216 g/mol. The highest BCUT2D eigenvalue weighted by Gasteiger charge is 2.09. The minimum absolute atomic E-state index is 0.0306. The summed E-state index contributed by atoms with van der Waals surface area (Å²) in [6.07, 6.45) is 2.95. The molecule has 0 spiro atoms. The van der Waals surface area contributed by atoms with E-state index in [1.54, 1.807) is 6.07 Å². The zero-order chi connectivity index (χ0) is 11.4. The molecule has 2 aromatic rings. The highest BCUT2D eigenvalue weighted by atomic mass is 16.5. The average molecular weight is 224 g/mol. The number of carboxylic acid groups (broad SMARTS) is 1. The maximum atomic E-state index is 10.2. The van der Waals surface area contributed by atoms with Crippen LogP contribution in [0.3, 0.4) is 0 Å². The van der Waals surface area contributed by atoms with Crippen molar-refractivity contribution in [2.75, 3.05) is 6.61 Å². The van der Waals surface area contributed by atoms with Crippen molar-refractivity contribution in [2.45, 2.75) is 6.61 Å². The number of carbonyl (C=O) groups is 1. The van der Waals surface area contributed by atoms with E-state index >= 15 is 0 Å². The average Bonchev–Trinajstić information content (AvgIpc) is 2.85. The number of aliphatic carboxylic acids is 1. The highest BCUT2D eigenvalue weighted by molar-refractivity contribution is 5.67. The van der Waals surface area contributed by atoms with Gasteiger partial charge in [0.1, 0.15) is 19.5 Å². The Morgan fingerprint density at radius 2 is 2.38 bits per heavy atom. The van der Waals surface area contributed by atoms with Crippen LogP contribution in [-0.4, -0.2) is 27.9 Å². The van der Waals surface area contributed by atoms with Gasteiger partial charge in [0.05, 0.1) is 11.8 Å². The van der Waals surface area contributed by atoms with Gasteiger partial charge in [0.25, 0.3) is 5.89 Å². The Kier molecular flexibility index (Phi) is 2.97. The number of carboxylic acids is 1. The molecule has 0 aliphatic carbocycles. The van der Waals surface area contributed by atoms with E-state index in [0.717, 1.165) is 0 Å². The Balaban J connectivity index is 1.95. The third kappa shape index (κ3) is 2.45. The lowest BCUT2D eigenvalue weighted by molar-refractivity contribution is -0.142. The smallest absolute Gasteiger partial charge is 0.329 e. The standard InChI is InChI=1S/C9H8N2O5/c12-8(13)5-15-4-7-10-11-9(16-7)6-1-2-14-3-6/h1-3H,4-5H2,(H,12,13). The number of ether oxygens (including phenoxy) is 1. The third-order valence-electron chi connectivity index (χ3n) is 1.69. The largest absolute Gasteiger partial charge is 0.480 e. The molecule has 0 fully saturated rings.